The first-order valence-corrected chi connectivity index (χ1v) is 9.26. The first-order valence-electron chi connectivity index (χ1n) is 9.26. The van der Waals surface area contributed by atoms with Crippen molar-refractivity contribution in [3.8, 4) is 6.07 Å². The maximum absolute atomic E-state index is 12.5. The molecule has 1 aliphatic rings. The largest absolute Gasteiger partial charge is 0.397 e. The van der Waals surface area contributed by atoms with Crippen LogP contribution in [0.25, 0.3) is 0 Å². The van der Waals surface area contributed by atoms with Crippen LogP contribution in [-0.2, 0) is 11.8 Å². The van der Waals surface area contributed by atoms with Crippen LogP contribution >= 0.6 is 0 Å². The number of aryl methyl sites for hydroxylation is 1. The van der Waals surface area contributed by atoms with Gasteiger partial charge < -0.3 is 15.5 Å². The molecular formula is C18H21F3N8O. The second-order valence-corrected chi connectivity index (χ2v) is 7.21. The second-order valence-electron chi connectivity index (χ2n) is 7.21. The van der Waals surface area contributed by atoms with E-state index < -0.39 is 24.0 Å². The van der Waals surface area contributed by atoms with E-state index in [4.69, 9.17) is 5.26 Å². The lowest BCUT2D eigenvalue weighted by molar-refractivity contribution is -0.155. The molecule has 1 aliphatic heterocycles. The van der Waals surface area contributed by atoms with Gasteiger partial charge in [-0.2, -0.15) is 28.5 Å². The van der Waals surface area contributed by atoms with Gasteiger partial charge in [0.25, 0.3) is 0 Å². The molecule has 1 fully saturated rings. The lowest BCUT2D eigenvalue weighted by atomic mass is 9.84. The number of rotatable bonds is 6. The van der Waals surface area contributed by atoms with E-state index in [1.165, 1.54) is 0 Å². The number of amides is 1. The van der Waals surface area contributed by atoms with Gasteiger partial charge in [-0.05, 0) is 18.9 Å². The molecule has 0 aromatic carbocycles. The summed E-state index contributed by atoms with van der Waals surface area (Å²) in [7, 11) is 1.79. The normalized spacial score (nSPS) is 16.0. The van der Waals surface area contributed by atoms with Crippen LogP contribution in [0.4, 0.5) is 30.6 Å². The lowest BCUT2D eigenvalue weighted by Gasteiger charge is -2.41. The zero-order valence-electron chi connectivity index (χ0n) is 16.3. The van der Waals surface area contributed by atoms with Crippen molar-refractivity contribution in [1.29, 1.82) is 5.26 Å². The number of hydrogen-bond acceptors (Lipinski definition) is 7. The van der Waals surface area contributed by atoms with Crippen molar-refractivity contribution >= 4 is 23.4 Å². The van der Waals surface area contributed by atoms with Gasteiger partial charge in [-0.3, -0.25) is 9.48 Å². The van der Waals surface area contributed by atoms with Gasteiger partial charge in [0.1, 0.15) is 12.2 Å². The van der Waals surface area contributed by atoms with E-state index in [-0.39, 0.29) is 6.42 Å². The fourth-order valence-electron chi connectivity index (χ4n) is 3.38. The number of piperidine rings is 1. The zero-order valence-corrected chi connectivity index (χ0v) is 16.3. The standard InChI is InChI=1S/C18H21F3N8O/c1-28-12-13(11-24-28)25-16-23-7-2-14(26-16)29-8-4-17(3-6-22,5-9-29)27-15(30)10-18(19,20)21/h2,7,11-12H,3-5,8-10H2,1H3,(H,27,30)(H,23,25,26). The van der Waals surface area contributed by atoms with Gasteiger partial charge >= 0.3 is 6.18 Å². The maximum Gasteiger partial charge on any atom is 0.397 e. The Balaban J connectivity index is 1.65. The molecule has 2 aromatic rings. The molecule has 0 bridgehead atoms. The highest BCUT2D eigenvalue weighted by molar-refractivity contribution is 5.77. The number of nitrogens with one attached hydrogen (secondary N) is 2. The summed E-state index contributed by atoms with van der Waals surface area (Å²) in [5, 5.41) is 18.7. The van der Waals surface area contributed by atoms with Gasteiger partial charge in [0.15, 0.2) is 0 Å². The Morgan fingerprint density at radius 2 is 2.10 bits per heavy atom. The summed E-state index contributed by atoms with van der Waals surface area (Å²) in [5.41, 5.74) is -0.245. The third-order valence-electron chi connectivity index (χ3n) is 4.83. The predicted molar refractivity (Wildman–Crippen MR) is 102 cm³/mol. The number of carbonyl (C=O) groups excluding carboxylic acids is 1. The van der Waals surface area contributed by atoms with Gasteiger partial charge in [-0.15, -0.1) is 0 Å². The molecule has 1 saturated heterocycles. The van der Waals surface area contributed by atoms with Crippen LogP contribution < -0.4 is 15.5 Å². The van der Waals surface area contributed by atoms with Gasteiger partial charge in [0.05, 0.1) is 29.9 Å². The topological polar surface area (TPSA) is 112 Å². The maximum atomic E-state index is 12.5. The molecule has 0 saturated carbocycles. The van der Waals surface area contributed by atoms with Crippen LogP contribution in [-0.4, -0.2) is 50.5 Å². The molecule has 30 heavy (non-hydrogen) atoms. The minimum atomic E-state index is -4.59. The van der Waals surface area contributed by atoms with Crippen LogP contribution in [0.15, 0.2) is 24.7 Å². The van der Waals surface area contributed by atoms with Crippen molar-refractivity contribution in [2.24, 2.45) is 7.05 Å². The predicted octanol–water partition coefficient (Wildman–Crippen LogP) is 2.27. The Hall–Kier alpha value is -3.36. The summed E-state index contributed by atoms with van der Waals surface area (Å²) >= 11 is 0. The fraction of sp³-hybridized carbons (Fsp3) is 0.500. The number of halogens is 3. The van der Waals surface area contributed by atoms with Gasteiger partial charge in [-0.1, -0.05) is 0 Å². The second kappa shape index (κ2) is 8.56. The first-order chi connectivity index (χ1) is 14.2. The molecule has 9 nitrogen and oxygen atoms in total. The lowest BCUT2D eigenvalue weighted by Crippen LogP contribution is -2.55. The number of hydrogen-bond donors (Lipinski definition) is 2. The molecule has 2 aromatic heterocycles. The van der Waals surface area contributed by atoms with Crippen molar-refractivity contribution in [3.63, 3.8) is 0 Å². The third kappa shape index (κ3) is 5.59. The van der Waals surface area contributed by atoms with Gasteiger partial charge in [0.2, 0.25) is 11.9 Å². The van der Waals surface area contributed by atoms with Crippen LogP contribution in [0.3, 0.4) is 0 Å². The quantitative estimate of drug-likeness (QED) is 0.735. The molecule has 160 valence electrons. The van der Waals surface area contributed by atoms with Gasteiger partial charge in [0, 0.05) is 32.5 Å². The summed E-state index contributed by atoms with van der Waals surface area (Å²) in [6.07, 6.45) is -0.519. The first kappa shape index (κ1) is 21.4. The summed E-state index contributed by atoms with van der Waals surface area (Å²) in [4.78, 5) is 22.4. The van der Waals surface area contributed by atoms with E-state index in [1.807, 2.05) is 11.0 Å². The molecule has 0 spiro atoms. The summed E-state index contributed by atoms with van der Waals surface area (Å²) in [6.45, 7) is 0.856. The van der Waals surface area contributed by atoms with Crippen LogP contribution in [0.2, 0.25) is 0 Å². The van der Waals surface area contributed by atoms with Crippen LogP contribution in [0, 0.1) is 11.3 Å². The SMILES string of the molecule is Cn1cc(Nc2nccc(N3CCC(CC#N)(NC(=O)CC(F)(F)F)CC3)n2)cn1. The number of nitrogens with zero attached hydrogens (tertiary/aromatic N) is 6. The van der Waals surface area contributed by atoms with Crippen LogP contribution in [0.1, 0.15) is 25.7 Å². The number of nitriles is 1. The smallest absolute Gasteiger partial charge is 0.356 e. The molecule has 1 amide bonds. The third-order valence-corrected chi connectivity index (χ3v) is 4.83. The monoisotopic (exact) mass is 422 g/mol. The minimum absolute atomic E-state index is 0.0535. The molecule has 3 heterocycles. The van der Waals surface area contributed by atoms with Crippen molar-refractivity contribution in [1.82, 2.24) is 25.1 Å². The van der Waals surface area contributed by atoms with E-state index in [0.29, 0.717) is 37.7 Å². The highest BCUT2D eigenvalue weighted by Crippen LogP contribution is 2.29. The number of carbonyl (C=O) groups is 1. The van der Waals surface area contributed by atoms with Crippen molar-refractivity contribution in [3.05, 3.63) is 24.7 Å². The molecule has 3 rings (SSSR count). The fourth-order valence-corrected chi connectivity index (χ4v) is 3.38. The molecule has 0 unspecified atom stereocenters. The Kier molecular flexibility index (Phi) is 6.09. The average molecular weight is 422 g/mol. The van der Waals surface area contributed by atoms with Gasteiger partial charge in [-0.25, -0.2) is 4.98 Å². The molecule has 0 radical (unpaired) electrons. The Bertz CT molecular complexity index is 928. The molecule has 12 heteroatoms. The van der Waals surface area contributed by atoms with E-state index in [9.17, 15) is 18.0 Å². The number of aromatic nitrogens is 4. The molecule has 0 aliphatic carbocycles. The number of alkyl halides is 3. The Morgan fingerprint density at radius 3 is 2.70 bits per heavy atom. The average Bonchev–Trinajstić information content (AvgIpc) is 3.06. The Morgan fingerprint density at radius 1 is 1.37 bits per heavy atom. The van der Waals surface area contributed by atoms with Crippen molar-refractivity contribution in [2.75, 3.05) is 23.3 Å². The molecular weight excluding hydrogens is 401 g/mol. The highest BCUT2D eigenvalue weighted by Gasteiger charge is 2.39. The van der Waals surface area contributed by atoms with Crippen LogP contribution in [0.5, 0.6) is 0 Å². The van der Waals surface area contributed by atoms with Crippen molar-refractivity contribution in [2.45, 2.75) is 37.4 Å². The van der Waals surface area contributed by atoms with E-state index >= 15 is 0 Å². The minimum Gasteiger partial charge on any atom is -0.356 e. The molecule has 0 atom stereocenters. The summed E-state index contributed by atoms with van der Waals surface area (Å²) in [5.74, 6) is -0.0902. The van der Waals surface area contributed by atoms with Crippen molar-refractivity contribution < 1.29 is 18.0 Å². The zero-order chi connectivity index (χ0) is 21.8. The van der Waals surface area contributed by atoms with E-state index in [0.717, 1.165) is 5.69 Å². The highest BCUT2D eigenvalue weighted by atomic mass is 19.4. The summed E-state index contributed by atoms with van der Waals surface area (Å²) < 4.78 is 39.1. The van der Waals surface area contributed by atoms with E-state index in [2.05, 4.69) is 25.7 Å². The number of anilines is 3. The van der Waals surface area contributed by atoms with E-state index in [1.54, 1.807) is 36.4 Å². The molecule has 2 N–H and O–H groups in total. The Labute approximate surface area is 170 Å². The summed E-state index contributed by atoms with van der Waals surface area (Å²) in [6, 6.07) is 3.71.